The first-order chi connectivity index (χ1) is 23.7. The van der Waals surface area contributed by atoms with E-state index in [2.05, 4.69) is 61.6 Å². The van der Waals surface area contributed by atoms with Gasteiger partial charge in [0.2, 0.25) is 23.5 Å². The summed E-state index contributed by atoms with van der Waals surface area (Å²) < 4.78 is 23.9. The number of carbonyl (C=O) groups is 1. The normalized spacial score (nSPS) is 14.7. The highest BCUT2D eigenvalue weighted by Gasteiger charge is 2.31. The number of nitrogens with one attached hydrogen (secondary N) is 1. The van der Waals surface area contributed by atoms with Crippen LogP contribution in [0.3, 0.4) is 0 Å². The van der Waals surface area contributed by atoms with Crippen molar-refractivity contribution in [3.05, 3.63) is 93.0 Å². The molecule has 0 aliphatic heterocycles. The van der Waals surface area contributed by atoms with Crippen LogP contribution in [0, 0.1) is 13.8 Å². The van der Waals surface area contributed by atoms with Crippen LogP contribution in [-0.4, -0.2) is 41.3 Å². The van der Waals surface area contributed by atoms with Gasteiger partial charge in [0.1, 0.15) is 19.3 Å². The van der Waals surface area contributed by atoms with Crippen LogP contribution in [-0.2, 0) is 31.1 Å². The zero-order chi connectivity index (χ0) is 34.7. The molecule has 1 unspecified atom stereocenters. The Labute approximate surface area is 288 Å². The fourth-order valence-electron chi connectivity index (χ4n) is 6.22. The zero-order valence-corrected chi connectivity index (χ0v) is 29.0. The maximum atomic E-state index is 11.3. The first kappa shape index (κ1) is 34.2. The van der Waals surface area contributed by atoms with Gasteiger partial charge in [-0.25, -0.2) is 0 Å². The number of methoxy groups -OCH3 is 2. The number of benzene rings is 2. The first-order valence-electron chi connectivity index (χ1n) is 17.0. The van der Waals surface area contributed by atoms with Gasteiger partial charge in [-0.15, -0.1) is 0 Å². The predicted molar refractivity (Wildman–Crippen MR) is 187 cm³/mol. The van der Waals surface area contributed by atoms with Crippen LogP contribution in [0.15, 0.2) is 48.5 Å². The first-order valence-corrected chi connectivity index (χ1v) is 17.0. The van der Waals surface area contributed by atoms with Crippen LogP contribution in [0.1, 0.15) is 89.0 Å². The Balaban J connectivity index is 1.21. The molecule has 1 atom stereocenters. The highest BCUT2D eigenvalue weighted by Crippen LogP contribution is 2.46. The molecule has 49 heavy (non-hydrogen) atoms. The summed E-state index contributed by atoms with van der Waals surface area (Å²) in [6, 6.07) is 16.1. The standard InChI is InChI=1S/C39H46N4O6/c1-22-27(20-48-37-33(25-12-13-25)16-29(18-40)35(42-37)46-4)8-6-10-31(22)32-11-7-9-28(23(32)2)21-49-38-34(26-14-15-26)17-30(36(43-38)47-5)19-41-24(3)39(44)45/h6-11,16-17,24-26,41H,12-15,18-21,40H2,1-5H3,(H,44,45). The third-order valence-corrected chi connectivity index (χ3v) is 9.63. The smallest absolute Gasteiger partial charge is 0.320 e. The summed E-state index contributed by atoms with van der Waals surface area (Å²) in [4.78, 5) is 20.8. The number of hydrogen-bond donors (Lipinski definition) is 3. The Morgan fingerprint density at radius 3 is 1.69 bits per heavy atom. The molecule has 2 aliphatic rings. The molecular weight excluding hydrogens is 620 g/mol. The maximum Gasteiger partial charge on any atom is 0.320 e. The van der Waals surface area contributed by atoms with E-state index in [4.69, 9.17) is 34.6 Å². The second-order valence-electron chi connectivity index (χ2n) is 13.1. The molecule has 258 valence electrons. The van der Waals surface area contributed by atoms with E-state index < -0.39 is 12.0 Å². The van der Waals surface area contributed by atoms with Gasteiger partial charge in [-0.3, -0.25) is 4.79 Å². The van der Waals surface area contributed by atoms with E-state index in [0.717, 1.165) is 81.3 Å². The molecule has 4 N–H and O–H groups in total. The Hall–Kier alpha value is -4.67. The van der Waals surface area contributed by atoms with Gasteiger partial charge in [0, 0.05) is 35.3 Å². The van der Waals surface area contributed by atoms with Gasteiger partial charge in [0.05, 0.1) is 14.2 Å². The van der Waals surface area contributed by atoms with E-state index in [-0.39, 0.29) is 0 Å². The molecule has 2 saturated carbocycles. The number of nitrogens with two attached hydrogens (primary N) is 1. The lowest BCUT2D eigenvalue weighted by molar-refractivity contribution is -0.139. The van der Waals surface area contributed by atoms with Crippen molar-refractivity contribution < 1.29 is 28.8 Å². The van der Waals surface area contributed by atoms with Gasteiger partial charge in [-0.1, -0.05) is 36.4 Å². The third kappa shape index (κ3) is 7.66. The van der Waals surface area contributed by atoms with Gasteiger partial charge < -0.3 is 35.1 Å². The number of ether oxygens (including phenoxy) is 4. The zero-order valence-electron chi connectivity index (χ0n) is 29.0. The number of nitrogens with zero attached hydrogens (tertiary/aromatic N) is 2. The van der Waals surface area contributed by atoms with Gasteiger partial charge in [0.15, 0.2) is 0 Å². The maximum absolute atomic E-state index is 11.3. The molecule has 0 amide bonds. The van der Waals surface area contributed by atoms with Crippen molar-refractivity contribution in [2.24, 2.45) is 5.73 Å². The summed E-state index contributed by atoms with van der Waals surface area (Å²) in [5, 5.41) is 12.3. The fourth-order valence-corrected chi connectivity index (χ4v) is 6.22. The molecule has 2 aromatic heterocycles. The van der Waals surface area contributed by atoms with E-state index in [1.54, 1.807) is 21.1 Å². The quantitative estimate of drug-likeness (QED) is 0.118. The molecule has 6 rings (SSSR count). The lowest BCUT2D eigenvalue weighted by atomic mass is 9.92. The van der Waals surface area contributed by atoms with Crippen LogP contribution >= 0.6 is 0 Å². The SMILES string of the molecule is COc1nc(OCc2cccc(-c3cccc(COc4nc(OC)c(CNC(C)C(=O)O)cc4C4CC4)c3C)c2C)c(C2CC2)cc1CN. The lowest BCUT2D eigenvalue weighted by Gasteiger charge is -2.19. The summed E-state index contributed by atoms with van der Waals surface area (Å²) >= 11 is 0. The molecule has 10 heteroatoms. The van der Waals surface area contributed by atoms with Crippen LogP contribution < -0.4 is 30.0 Å². The topological polar surface area (TPSA) is 138 Å². The molecule has 2 fully saturated rings. The average molecular weight is 667 g/mol. The van der Waals surface area contributed by atoms with Crippen molar-refractivity contribution in [1.82, 2.24) is 15.3 Å². The second kappa shape index (κ2) is 14.8. The molecule has 0 saturated heterocycles. The minimum Gasteiger partial charge on any atom is -0.481 e. The van der Waals surface area contributed by atoms with Crippen LogP contribution in [0.2, 0.25) is 0 Å². The third-order valence-electron chi connectivity index (χ3n) is 9.63. The van der Waals surface area contributed by atoms with Crippen molar-refractivity contribution in [2.45, 2.75) is 90.6 Å². The summed E-state index contributed by atoms with van der Waals surface area (Å²) in [7, 11) is 3.18. The van der Waals surface area contributed by atoms with E-state index in [9.17, 15) is 9.90 Å². The summed E-state index contributed by atoms with van der Waals surface area (Å²) in [5.74, 6) is 2.04. The molecule has 2 aromatic carbocycles. The number of aliphatic carboxylic acids is 1. The molecular formula is C39H46N4O6. The van der Waals surface area contributed by atoms with Gasteiger partial charge in [-0.05, 0) is 104 Å². The van der Waals surface area contributed by atoms with Crippen molar-refractivity contribution in [3.8, 4) is 34.6 Å². The van der Waals surface area contributed by atoms with Crippen molar-refractivity contribution in [1.29, 1.82) is 0 Å². The summed E-state index contributed by atoms with van der Waals surface area (Å²) in [5.41, 5.74) is 16.5. The minimum absolute atomic E-state index is 0.335. The van der Waals surface area contributed by atoms with E-state index >= 15 is 0 Å². The molecule has 0 spiro atoms. The number of pyridine rings is 2. The number of rotatable bonds is 16. The molecule has 2 heterocycles. The van der Waals surface area contributed by atoms with Gasteiger partial charge >= 0.3 is 5.97 Å². The number of aromatic nitrogens is 2. The lowest BCUT2D eigenvalue weighted by Crippen LogP contribution is -2.33. The van der Waals surface area contributed by atoms with Crippen molar-refractivity contribution in [3.63, 3.8) is 0 Å². The minimum atomic E-state index is -0.906. The number of carboxylic acids is 1. The Morgan fingerprint density at radius 2 is 1.27 bits per heavy atom. The molecule has 2 aliphatic carbocycles. The molecule has 10 nitrogen and oxygen atoms in total. The Morgan fingerprint density at radius 1 is 0.796 bits per heavy atom. The highest BCUT2D eigenvalue weighted by molar-refractivity contribution is 5.73. The van der Waals surface area contributed by atoms with E-state index in [1.807, 2.05) is 6.07 Å². The van der Waals surface area contributed by atoms with Crippen molar-refractivity contribution >= 4 is 5.97 Å². The van der Waals surface area contributed by atoms with E-state index in [0.29, 0.717) is 61.7 Å². The summed E-state index contributed by atoms with van der Waals surface area (Å²) in [6.07, 6.45) is 4.40. The van der Waals surface area contributed by atoms with Crippen LogP contribution in [0.4, 0.5) is 0 Å². The fraction of sp³-hybridized carbons (Fsp3) is 0.410. The summed E-state index contributed by atoms with van der Waals surface area (Å²) in [6.45, 7) is 7.32. The Kier molecular flexibility index (Phi) is 10.4. The van der Waals surface area contributed by atoms with Gasteiger partial charge in [0.25, 0.3) is 0 Å². The average Bonchev–Trinajstić information content (AvgIpc) is 4.04. The van der Waals surface area contributed by atoms with Crippen molar-refractivity contribution in [2.75, 3.05) is 14.2 Å². The molecule has 0 radical (unpaired) electrons. The largest absolute Gasteiger partial charge is 0.481 e. The highest BCUT2D eigenvalue weighted by atomic mass is 16.5. The molecule has 4 aromatic rings. The van der Waals surface area contributed by atoms with Crippen LogP contribution in [0.25, 0.3) is 11.1 Å². The second-order valence-corrected chi connectivity index (χ2v) is 13.1. The number of carboxylic acid groups (broad SMARTS) is 1. The van der Waals surface area contributed by atoms with Gasteiger partial charge in [-0.2, -0.15) is 9.97 Å². The van der Waals surface area contributed by atoms with Crippen LogP contribution in [0.5, 0.6) is 23.5 Å². The molecule has 0 bridgehead atoms. The number of hydrogen-bond acceptors (Lipinski definition) is 9. The monoisotopic (exact) mass is 666 g/mol. The van der Waals surface area contributed by atoms with E-state index in [1.165, 1.54) is 0 Å². The predicted octanol–water partition coefficient (Wildman–Crippen LogP) is 6.71. The Bertz CT molecular complexity index is 1840.